The molecule has 162 valence electrons. The highest BCUT2D eigenvalue weighted by Gasteiger charge is 2.50. The van der Waals surface area contributed by atoms with Gasteiger partial charge in [0.15, 0.2) is 0 Å². The molecule has 5 rings (SSSR count). The maximum absolute atomic E-state index is 5.97. The van der Waals surface area contributed by atoms with Gasteiger partial charge in [-0.1, -0.05) is 60.7 Å². The SMILES string of the molecule is Cc1nnc(C2CN(CCc3ccccc3)CC23CCN(Cc2ccccc2)CC3)o1. The van der Waals surface area contributed by atoms with E-state index in [1.54, 1.807) is 0 Å². The average molecular weight is 417 g/mol. The zero-order valence-electron chi connectivity index (χ0n) is 18.4. The van der Waals surface area contributed by atoms with Gasteiger partial charge in [0.25, 0.3) is 0 Å². The van der Waals surface area contributed by atoms with Gasteiger partial charge in [-0.3, -0.25) is 4.90 Å². The summed E-state index contributed by atoms with van der Waals surface area (Å²) in [6, 6.07) is 21.6. The highest BCUT2D eigenvalue weighted by atomic mass is 16.4. The van der Waals surface area contributed by atoms with Crippen LogP contribution >= 0.6 is 0 Å². The van der Waals surface area contributed by atoms with Gasteiger partial charge in [-0.15, -0.1) is 10.2 Å². The minimum absolute atomic E-state index is 0.239. The Morgan fingerprint density at radius 1 is 0.903 bits per heavy atom. The number of aromatic nitrogens is 2. The number of rotatable bonds is 6. The lowest BCUT2D eigenvalue weighted by molar-refractivity contribution is 0.0857. The molecule has 1 atom stereocenters. The lowest BCUT2D eigenvalue weighted by Crippen LogP contribution is -2.43. The zero-order chi connectivity index (χ0) is 21.1. The predicted molar refractivity (Wildman–Crippen MR) is 122 cm³/mol. The molecule has 2 aromatic carbocycles. The van der Waals surface area contributed by atoms with Crippen LogP contribution in [-0.4, -0.2) is 52.7 Å². The molecule has 3 heterocycles. The van der Waals surface area contributed by atoms with Crippen molar-refractivity contribution in [1.82, 2.24) is 20.0 Å². The molecule has 0 radical (unpaired) electrons. The van der Waals surface area contributed by atoms with E-state index in [9.17, 15) is 0 Å². The van der Waals surface area contributed by atoms with Crippen molar-refractivity contribution in [2.24, 2.45) is 5.41 Å². The molecule has 3 aromatic rings. The summed E-state index contributed by atoms with van der Waals surface area (Å²) < 4.78 is 5.97. The normalized spacial score (nSPS) is 21.6. The van der Waals surface area contributed by atoms with Gasteiger partial charge in [0.1, 0.15) is 0 Å². The molecule has 2 fully saturated rings. The second-order valence-electron chi connectivity index (χ2n) is 9.31. The largest absolute Gasteiger partial charge is 0.425 e. The first-order valence-electron chi connectivity index (χ1n) is 11.5. The quantitative estimate of drug-likeness (QED) is 0.599. The molecule has 1 aromatic heterocycles. The molecule has 0 bridgehead atoms. The lowest BCUT2D eigenvalue weighted by atomic mass is 9.70. The molecular weight excluding hydrogens is 384 g/mol. The van der Waals surface area contributed by atoms with Crippen molar-refractivity contribution in [2.45, 2.75) is 38.6 Å². The van der Waals surface area contributed by atoms with Gasteiger partial charge in [0, 0.05) is 33.1 Å². The molecule has 2 aliphatic rings. The minimum Gasteiger partial charge on any atom is -0.425 e. The van der Waals surface area contributed by atoms with Crippen LogP contribution < -0.4 is 0 Å². The van der Waals surface area contributed by atoms with Crippen molar-refractivity contribution >= 4 is 0 Å². The third kappa shape index (κ3) is 4.58. The van der Waals surface area contributed by atoms with Crippen LogP contribution in [0.2, 0.25) is 0 Å². The smallest absolute Gasteiger partial charge is 0.221 e. The van der Waals surface area contributed by atoms with E-state index in [1.165, 1.54) is 24.0 Å². The van der Waals surface area contributed by atoms with E-state index in [0.717, 1.165) is 51.6 Å². The van der Waals surface area contributed by atoms with Gasteiger partial charge in [0.05, 0.1) is 5.92 Å². The molecule has 2 saturated heterocycles. The highest BCUT2D eigenvalue weighted by molar-refractivity contribution is 5.17. The number of aryl methyl sites for hydroxylation is 1. The van der Waals surface area contributed by atoms with Gasteiger partial charge in [-0.2, -0.15) is 0 Å². The van der Waals surface area contributed by atoms with Crippen LogP contribution in [0.25, 0.3) is 0 Å². The van der Waals surface area contributed by atoms with Crippen molar-refractivity contribution in [1.29, 1.82) is 0 Å². The van der Waals surface area contributed by atoms with E-state index < -0.39 is 0 Å². The van der Waals surface area contributed by atoms with E-state index in [4.69, 9.17) is 4.42 Å². The first kappa shape index (κ1) is 20.4. The first-order chi connectivity index (χ1) is 15.2. The fraction of sp³-hybridized carbons (Fsp3) is 0.462. The number of hydrogen-bond acceptors (Lipinski definition) is 5. The maximum Gasteiger partial charge on any atom is 0.221 e. The van der Waals surface area contributed by atoms with Crippen LogP contribution in [-0.2, 0) is 13.0 Å². The number of benzene rings is 2. The third-order valence-corrected chi connectivity index (χ3v) is 7.22. The molecule has 0 saturated carbocycles. The third-order valence-electron chi connectivity index (χ3n) is 7.22. The predicted octanol–water partition coefficient (Wildman–Crippen LogP) is 4.30. The van der Waals surface area contributed by atoms with Crippen molar-refractivity contribution in [3.05, 3.63) is 83.6 Å². The standard InChI is InChI=1S/C26H32N4O/c1-21-27-28-25(31-21)24-19-30(15-12-22-8-4-2-5-9-22)20-26(24)13-16-29(17-14-26)18-23-10-6-3-7-11-23/h2-11,24H,12-20H2,1H3. The fourth-order valence-electron chi connectivity index (χ4n) is 5.47. The van der Waals surface area contributed by atoms with Crippen molar-refractivity contribution in [2.75, 3.05) is 32.7 Å². The van der Waals surface area contributed by atoms with E-state index in [1.807, 2.05) is 6.92 Å². The number of nitrogens with zero attached hydrogens (tertiary/aromatic N) is 4. The van der Waals surface area contributed by atoms with Gasteiger partial charge >= 0.3 is 0 Å². The second kappa shape index (κ2) is 8.93. The van der Waals surface area contributed by atoms with Crippen molar-refractivity contribution < 1.29 is 4.42 Å². The topological polar surface area (TPSA) is 45.4 Å². The Bertz CT molecular complexity index is 963. The second-order valence-corrected chi connectivity index (χ2v) is 9.31. The Labute approximate surface area is 185 Å². The molecule has 31 heavy (non-hydrogen) atoms. The van der Waals surface area contributed by atoms with Crippen LogP contribution in [0, 0.1) is 12.3 Å². The number of hydrogen-bond donors (Lipinski definition) is 0. The Balaban J connectivity index is 1.28. The summed E-state index contributed by atoms with van der Waals surface area (Å²) in [6.45, 7) is 8.43. The lowest BCUT2D eigenvalue weighted by Gasteiger charge is -2.42. The van der Waals surface area contributed by atoms with Crippen molar-refractivity contribution in [3.63, 3.8) is 0 Å². The van der Waals surface area contributed by atoms with Gasteiger partial charge in [-0.05, 0) is 48.9 Å². The Morgan fingerprint density at radius 3 is 2.23 bits per heavy atom. The minimum atomic E-state index is 0.239. The van der Waals surface area contributed by atoms with E-state index in [-0.39, 0.29) is 5.41 Å². The van der Waals surface area contributed by atoms with E-state index in [0.29, 0.717) is 11.8 Å². The van der Waals surface area contributed by atoms with Gasteiger partial charge < -0.3 is 9.32 Å². The van der Waals surface area contributed by atoms with Crippen LogP contribution in [0.15, 0.2) is 65.1 Å². The van der Waals surface area contributed by atoms with Crippen LogP contribution in [0.5, 0.6) is 0 Å². The summed E-state index contributed by atoms with van der Waals surface area (Å²) in [5.41, 5.74) is 3.05. The van der Waals surface area contributed by atoms with E-state index >= 15 is 0 Å². The summed E-state index contributed by atoms with van der Waals surface area (Å²) in [7, 11) is 0. The number of likely N-dealkylation sites (tertiary alicyclic amines) is 2. The summed E-state index contributed by atoms with van der Waals surface area (Å²) in [5.74, 6) is 1.86. The summed E-state index contributed by atoms with van der Waals surface area (Å²) >= 11 is 0. The molecule has 5 nitrogen and oxygen atoms in total. The zero-order valence-corrected chi connectivity index (χ0v) is 18.4. The average Bonchev–Trinajstić information content (AvgIpc) is 3.39. The molecule has 0 N–H and O–H groups in total. The van der Waals surface area contributed by atoms with Crippen LogP contribution in [0.1, 0.15) is 41.7 Å². The van der Waals surface area contributed by atoms with Crippen molar-refractivity contribution in [3.8, 4) is 0 Å². The Kier molecular flexibility index (Phi) is 5.88. The molecular formula is C26H32N4O. The van der Waals surface area contributed by atoms with Gasteiger partial charge in [0.2, 0.25) is 11.8 Å². The highest BCUT2D eigenvalue weighted by Crippen LogP contribution is 2.49. The first-order valence-corrected chi connectivity index (χ1v) is 11.5. The van der Waals surface area contributed by atoms with Gasteiger partial charge in [-0.25, -0.2) is 0 Å². The molecule has 1 spiro atoms. The Hall–Kier alpha value is -2.50. The number of piperidine rings is 1. The maximum atomic E-state index is 5.97. The fourth-order valence-corrected chi connectivity index (χ4v) is 5.47. The Morgan fingerprint density at radius 2 is 1.58 bits per heavy atom. The monoisotopic (exact) mass is 416 g/mol. The molecule has 1 unspecified atom stereocenters. The van der Waals surface area contributed by atoms with Crippen LogP contribution in [0.3, 0.4) is 0 Å². The summed E-state index contributed by atoms with van der Waals surface area (Å²) in [4.78, 5) is 5.23. The summed E-state index contributed by atoms with van der Waals surface area (Å²) in [6.07, 6.45) is 3.47. The molecule has 5 heteroatoms. The summed E-state index contributed by atoms with van der Waals surface area (Å²) in [5, 5.41) is 8.61. The van der Waals surface area contributed by atoms with E-state index in [2.05, 4.69) is 80.7 Å². The molecule has 0 amide bonds. The van der Waals surface area contributed by atoms with Crippen LogP contribution in [0.4, 0.5) is 0 Å². The molecule has 0 aliphatic carbocycles. The molecule has 2 aliphatic heterocycles.